The van der Waals surface area contributed by atoms with Gasteiger partial charge in [-0.15, -0.1) is 0 Å². The zero-order valence-electron chi connectivity index (χ0n) is 14.0. The van der Waals surface area contributed by atoms with Crippen LogP contribution in [0, 0.1) is 11.3 Å². The third-order valence-corrected chi connectivity index (χ3v) is 3.86. The summed E-state index contributed by atoms with van der Waals surface area (Å²) in [7, 11) is 0. The van der Waals surface area contributed by atoms with E-state index in [4.69, 9.17) is 0 Å². The minimum Gasteiger partial charge on any atom is -0.372 e. The first-order chi connectivity index (χ1) is 12.7. The van der Waals surface area contributed by atoms with Crippen LogP contribution in [0.15, 0.2) is 59.7 Å². The standard InChI is InChI=1S/C19H17N5O2/c20-12-14-11-16(19(26)24-10-4-2-6-17(14)24)23-13-18(25)22-9-7-15-5-1-3-8-21-15/h1-6,8,10-11,23H,7,9,13H2,(H,22,25). The van der Waals surface area contributed by atoms with Gasteiger partial charge in [0.1, 0.15) is 11.8 Å². The predicted octanol–water partition coefficient (Wildman–Crippen LogP) is 1.34. The van der Waals surface area contributed by atoms with Gasteiger partial charge in [0.05, 0.1) is 17.6 Å². The van der Waals surface area contributed by atoms with E-state index in [9.17, 15) is 14.9 Å². The molecular weight excluding hydrogens is 330 g/mol. The van der Waals surface area contributed by atoms with E-state index in [0.29, 0.717) is 24.0 Å². The Hall–Kier alpha value is -3.66. The van der Waals surface area contributed by atoms with Crippen molar-refractivity contribution >= 4 is 17.1 Å². The van der Waals surface area contributed by atoms with Crippen LogP contribution >= 0.6 is 0 Å². The molecule has 7 heteroatoms. The van der Waals surface area contributed by atoms with Gasteiger partial charge in [0.2, 0.25) is 5.91 Å². The monoisotopic (exact) mass is 347 g/mol. The molecule has 0 aliphatic rings. The van der Waals surface area contributed by atoms with Crippen molar-refractivity contribution in [2.75, 3.05) is 18.4 Å². The van der Waals surface area contributed by atoms with Gasteiger partial charge in [-0.05, 0) is 30.3 Å². The molecule has 130 valence electrons. The molecule has 0 aliphatic carbocycles. The van der Waals surface area contributed by atoms with E-state index < -0.39 is 0 Å². The minimum absolute atomic E-state index is 0.0543. The first-order valence-corrected chi connectivity index (χ1v) is 8.14. The summed E-state index contributed by atoms with van der Waals surface area (Å²) in [5.41, 5.74) is 1.70. The van der Waals surface area contributed by atoms with Crippen LogP contribution in [0.2, 0.25) is 0 Å². The maximum Gasteiger partial charge on any atom is 0.278 e. The molecule has 2 N–H and O–H groups in total. The molecule has 0 fully saturated rings. The van der Waals surface area contributed by atoms with Crippen molar-refractivity contribution in [1.82, 2.24) is 14.7 Å². The number of amides is 1. The second kappa shape index (κ2) is 7.94. The van der Waals surface area contributed by atoms with Gasteiger partial charge in [-0.25, -0.2) is 0 Å². The summed E-state index contributed by atoms with van der Waals surface area (Å²) in [6, 6.07) is 14.3. The fraction of sp³-hybridized carbons (Fsp3) is 0.158. The van der Waals surface area contributed by atoms with Crippen LogP contribution in [0.4, 0.5) is 5.69 Å². The third-order valence-electron chi connectivity index (χ3n) is 3.86. The van der Waals surface area contributed by atoms with Gasteiger partial charge in [0.15, 0.2) is 0 Å². The maximum absolute atomic E-state index is 12.5. The zero-order valence-corrected chi connectivity index (χ0v) is 14.0. The number of nitrogens with one attached hydrogen (secondary N) is 2. The number of fused-ring (bicyclic) bond motifs is 1. The van der Waals surface area contributed by atoms with E-state index in [2.05, 4.69) is 21.7 Å². The highest BCUT2D eigenvalue weighted by Gasteiger charge is 2.10. The molecule has 0 saturated heterocycles. The Labute approximate surface area is 149 Å². The number of pyridine rings is 3. The van der Waals surface area contributed by atoms with Crippen molar-refractivity contribution in [3.8, 4) is 6.07 Å². The van der Waals surface area contributed by atoms with Gasteiger partial charge in [0, 0.05) is 31.1 Å². The summed E-state index contributed by atoms with van der Waals surface area (Å²) in [6.45, 7) is 0.402. The Morgan fingerprint density at radius 1 is 1.23 bits per heavy atom. The molecule has 0 saturated carbocycles. The first kappa shape index (κ1) is 17.2. The van der Waals surface area contributed by atoms with Crippen LogP contribution in [-0.2, 0) is 11.2 Å². The number of anilines is 1. The largest absolute Gasteiger partial charge is 0.372 e. The second-order valence-corrected chi connectivity index (χ2v) is 5.62. The predicted molar refractivity (Wildman–Crippen MR) is 97.8 cm³/mol. The lowest BCUT2D eigenvalue weighted by Gasteiger charge is -2.09. The van der Waals surface area contributed by atoms with E-state index in [1.165, 1.54) is 10.5 Å². The van der Waals surface area contributed by atoms with Crippen LogP contribution in [0.25, 0.3) is 5.52 Å². The molecule has 0 atom stereocenters. The lowest BCUT2D eigenvalue weighted by molar-refractivity contribution is -0.119. The summed E-state index contributed by atoms with van der Waals surface area (Å²) in [6.07, 6.45) is 3.93. The third kappa shape index (κ3) is 3.87. The average molecular weight is 347 g/mol. The van der Waals surface area contributed by atoms with E-state index in [1.54, 1.807) is 30.6 Å². The molecule has 7 nitrogen and oxygen atoms in total. The lowest BCUT2D eigenvalue weighted by Crippen LogP contribution is -2.33. The van der Waals surface area contributed by atoms with Gasteiger partial charge in [-0.1, -0.05) is 12.1 Å². The topological polar surface area (TPSA) is 99.3 Å². The number of nitriles is 1. The summed E-state index contributed by atoms with van der Waals surface area (Å²) in [5.74, 6) is -0.239. The number of carbonyl (C=O) groups excluding carboxylic acids is 1. The Kier molecular flexibility index (Phi) is 5.25. The highest BCUT2D eigenvalue weighted by atomic mass is 16.2. The Bertz CT molecular complexity index is 1020. The normalized spacial score (nSPS) is 10.3. The van der Waals surface area contributed by atoms with Gasteiger partial charge in [0.25, 0.3) is 5.56 Å². The Balaban J connectivity index is 1.62. The number of hydrogen-bond donors (Lipinski definition) is 2. The summed E-state index contributed by atoms with van der Waals surface area (Å²) >= 11 is 0. The number of rotatable bonds is 6. The average Bonchev–Trinajstić information content (AvgIpc) is 2.68. The lowest BCUT2D eigenvalue weighted by atomic mass is 10.2. The summed E-state index contributed by atoms with van der Waals surface area (Å²) in [5, 5.41) is 14.9. The molecule has 0 radical (unpaired) electrons. The molecule has 3 rings (SSSR count). The molecule has 3 aromatic rings. The maximum atomic E-state index is 12.5. The van der Waals surface area contributed by atoms with Crippen LogP contribution in [-0.4, -0.2) is 28.4 Å². The number of hydrogen-bond acceptors (Lipinski definition) is 5. The van der Waals surface area contributed by atoms with Crippen LogP contribution in [0.5, 0.6) is 0 Å². The fourth-order valence-electron chi connectivity index (χ4n) is 2.58. The molecule has 3 heterocycles. The first-order valence-electron chi connectivity index (χ1n) is 8.14. The van der Waals surface area contributed by atoms with Crippen molar-refractivity contribution in [3.05, 3.63) is 76.5 Å². The molecule has 0 aromatic carbocycles. The molecule has 0 unspecified atom stereocenters. The molecule has 1 amide bonds. The molecule has 3 aromatic heterocycles. The van der Waals surface area contributed by atoms with Crippen molar-refractivity contribution in [3.63, 3.8) is 0 Å². The number of carbonyl (C=O) groups is 1. The highest BCUT2D eigenvalue weighted by molar-refractivity contribution is 5.81. The van der Waals surface area contributed by atoms with Crippen LogP contribution in [0.3, 0.4) is 0 Å². The minimum atomic E-state index is -0.305. The van der Waals surface area contributed by atoms with Crippen LogP contribution in [0.1, 0.15) is 11.3 Å². The van der Waals surface area contributed by atoms with Crippen molar-refractivity contribution in [2.24, 2.45) is 0 Å². The Morgan fingerprint density at radius 2 is 2.08 bits per heavy atom. The van der Waals surface area contributed by atoms with Crippen molar-refractivity contribution in [1.29, 1.82) is 5.26 Å². The van der Waals surface area contributed by atoms with Gasteiger partial charge >= 0.3 is 0 Å². The SMILES string of the molecule is N#Cc1cc(NCC(=O)NCCc2ccccn2)c(=O)n2ccccc12. The summed E-state index contributed by atoms with van der Waals surface area (Å²) in [4.78, 5) is 28.6. The van der Waals surface area contributed by atoms with E-state index in [0.717, 1.165) is 5.69 Å². The van der Waals surface area contributed by atoms with Crippen molar-refractivity contribution < 1.29 is 4.79 Å². The quantitative estimate of drug-likeness (QED) is 0.701. The zero-order chi connectivity index (χ0) is 18.4. The number of aromatic nitrogens is 2. The molecule has 0 bridgehead atoms. The molecular formula is C19H17N5O2. The van der Waals surface area contributed by atoms with Crippen LogP contribution < -0.4 is 16.2 Å². The Morgan fingerprint density at radius 3 is 2.85 bits per heavy atom. The summed E-state index contributed by atoms with van der Waals surface area (Å²) < 4.78 is 1.39. The fourth-order valence-corrected chi connectivity index (χ4v) is 2.58. The van der Waals surface area contributed by atoms with E-state index in [1.807, 2.05) is 18.2 Å². The van der Waals surface area contributed by atoms with Crippen molar-refractivity contribution in [2.45, 2.75) is 6.42 Å². The van der Waals surface area contributed by atoms with E-state index >= 15 is 0 Å². The van der Waals surface area contributed by atoms with E-state index in [-0.39, 0.29) is 23.7 Å². The highest BCUT2D eigenvalue weighted by Crippen LogP contribution is 2.12. The molecule has 26 heavy (non-hydrogen) atoms. The van der Waals surface area contributed by atoms with Gasteiger partial charge < -0.3 is 10.6 Å². The molecule has 0 aliphatic heterocycles. The number of nitrogens with zero attached hydrogens (tertiary/aromatic N) is 3. The second-order valence-electron chi connectivity index (χ2n) is 5.62. The van der Waals surface area contributed by atoms with Gasteiger partial charge in [-0.3, -0.25) is 19.0 Å². The smallest absolute Gasteiger partial charge is 0.278 e. The van der Waals surface area contributed by atoms with Gasteiger partial charge in [-0.2, -0.15) is 5.26 Å². The molecule has 0 spiro atoms.